The van der Waals surface area contributed by atoms with Crippen LogP contribution in [0.1, 0.15) is 13.8 Å². The van der Waals surface area contributed by atoms with E-state index in [0.29, 0.717) is 23.7 Å². The summed E-state index contributed by atoms with van der Waals surface area (Å²) in [6, 6.07) is 6.95. The number of benzene rings is 1. The summed E-state index contributed by atoms with van der Waals surface area (Å²) >= 11 is 0. The van der Waals surface area contributed by atoms with Crippen LogP contribution >= 0.6 is 0 Å². The Bertz CT molecular complexity index is 369. The van der Waals surface area contributed by atoms with E-state index in [-0.39, 0.29) is 0 Å². The molecule has 0 aliphatic rings. The topological polar surface area (TPSA) is 35.5 Å². The Morgan fingerprint density at radius 2 is 2.07 bits per heavy atom. The molecule has 0 bridgehead atoms. The van der Waals surface area contributed by atoms with E-state index >= 15 is 0 Å². The molecule has 3 heteroatoms. The van der Waals surface area contributed by atoms with Crippen LogP contribution in [-0.2, 0) is 4.79 Å². The third-order valence-corrected chi connectivity index (χ3v) is 1.68. The molecule has 0 spiro atoms. The Hall–Kier alpha value is -1.77. The molecule has 1 aromatic rings. The summed E-state index contributed by atoms with van der Waals surface area (Å²) in [4.78, 5) is 11.2. The lowest BCUT2D eigenvalue weighted by atomic mass is 10.3. The van der Waals surface area contributed by atoms with Crippen molar-refractivity contribution in [3.05, 3.63) is 36.4 Å². The van der Waals surface area contributed by atoms with E-state index in [1.165, 1.54) is 0 Å². The molecule has 0 saturated carbocycles. The van der Waals surface area contributed by atoms with Gasteiger partial charge in [-0.2, -0.15) is 0 Å². The van der Waals surface area contributed by atoms with Crippen molar-refractivity contribution < 1.29 is 14.3 Å². The van der Waals surface area contributed by atoms with Crippen LogP contribution in [0.15, 0.2) is 36.4 Å². The summed E-state index contributed by atoms with van der Waals surface area (Å²) in [5, 5.41) is 0. The van der Waals surface area contributed by atoms with Crippen molar-refractivity contribution in [3.63, 3.8) is 0 Å². The molecule has 0 aliphatic carbocycles. The van der Waals surface area contributed by atoms with Crippen molar-refractivity contribution in [2.75, 3.05) is 6.61 Å². The quantitative estimate of drug-likeness (QED) is 0.431. The zero-order valence-electron chi connectivity index (χ0n) is 8.95. The van der Waals surface area contributed by atoms with Crippen LogP contribution in [0.4, 0.5) is 0 Å². The average Bonchev–Trinajstić information content (AvgIpc) is 2.18. The van der Waals surface area contributed by atoms with Crippen LogP contribution < -0.4 is 9.47 Å². The molecule has 0 unspecified atom stereocenters. The van der Waals surface area contributed by atoms with E-state index in [9.17, 15) is 4.79 Å². The summed E-state index contributed by atoms with van der Waals surface area (Å²) in [5.41, 5.74) is 0.372. The van der Waals surface area contributed by atoms with Gasteiger partial charge in [0.1, 0.15) is 11.5 Å². The largest absolute Gasteiger partial charge is 0.494 e. The lowest BCUT2D eigenvalue weighted by molar-refractivity contribution is -0.130. The average molecular weight is 206 g/mol. The van der Waals surface area contributed by atoms with Crippen LogP contribution in [0, 0.1) is 0 Å². The van der Waals surface area contributed by atoms with Crippen molar-refractivity contribution in [1.82, 2.24) is 0 Å². The predicted molar refractivity (Wildman–Crippen MR) is 58.1 cm³/mol. The van der Waals surface area contributed by atoms with Crippen molar-refractivity contribution in [3.8, 4) is 11.5 Å². The highest BCUT2D eigenvalue weighted by Crippen LogP contribution is 2.19. The minimum atomic E-state index is -0.427. The van der Waals surface area contributed by atoms with Crippen molar-refractivity contribution in [2.45, 2.75) is 13.8 Å². The summed E-state index contributed by atoms with van der Waals surface area (Å²) in [6.07, 6.45) is 0. The molecule has 1 aromatic carbocycles. The predicted octanol–water partition coefficient (Wildman–Crippen LogP) is 2.57. The standard InChI is InChI=1S/C12H14O3/c1-4-14-10-6-5-7-11(8-10)15-12(13)9(2)3/h5-8H,2,4H2,1,3H3. The highest BCUT2D eigenvalue weighted by Gasteiger charge is 2.05. The third kappa shape index (κ3) is 3.46. The normalized spacial score (nSPS) is 9.47. The second kappa shape index (κ2) is 5.20. The highest BCUT2D eigenvalue weighted by atomic mass is 16.5. The minimum Gasteiger partial charge on any atom is -0.494 e. The molecule has 0 amide bonds. The second-order valence-corrected chi connectivity index (χ2v) is 3.08. The van der Waals surface area contributed by atoms with Crippen molar-refractivity contribution >= 4 is 5.97 Å². The lowest BCUT2D eigenvalue weighted by Gasteiger charge is -2.06. The fourth-order valence-electron chi connectivity index (χ4n) is 0.988. The fourth-order valence-corrected chi connectivity index (χ4v) is 0.988. The van der Waals surface area contributed by atoms with Gasteiger partial charge < -0.3 is 9.47 Å². The van der Waals surface area contributed by atoms with Gasteiger partial charge in [-0.1, -0.05) is 12.6 Å². The van der Waals surface area contributed by atoms with Crippen LogP contribution in [0.25, 0.3) is 0 Å². The molecule has 0 aromatic heterocycles. The second-order valence-electron chi connectivity index (χ2n) is 3.08. The molecule has 3 nitrogen and oxygen atoms in total. The number of carbonyl (C=O) groups is 1. The molecule has 1 rings (SSSR count). The third-order valence-electron chi connectivity index (χ3n) is 1.68. The Labute approximate surface area is 89.3 Å². The van der Waals surface area contributed by atoms with E-state index in [0.717, 1.165) is 0 Å². The van der Waals surface area contributed by atoms with Crippen LogP contribution in [0.2, 0.25) is 0 Å². The smallest absolute Gasteiger partial charge is 0.338 e. The van der Waals surface area contributed by atoms with Gasteiger partial charge in [0.15, 0.2) is 0 Å². The maximum Gasteiger partial charge on any atom is 0.338 e. The molecule has 0 aliphatic heterocycles. The fraction of sp³-hybridized carbons (Fsp3) is 0.250. The first-order valence-corrected chi connectivity index (χ1v) is 4.74. The highest BCUT2D eigenvalue weighted by molar-refractivity contribution is 5.88. The molecule has 0 radical (unpaired) electrons. The van der Waals surface area contributed by atoms with E-state index in [4.69, 9.17) is 9.47 Å². The van der Waals surface area contributed by atoms with Gasteiger partial charge in [0.25, 0.3) is 0 Å². The van der Waals surface area contributed by atoms with Gasteiger partial charge >= 0.3 is 5.97 Å². The number of ether oxygens (including phenoxy) is 2. The van der Waals surface area contributed by atoms with E-state index in [1.807, 2.05) is 13.0 Å². The molecular weight excluding hydrogens is 192 g/mol. The van der Waals surface area contributed by atoms with Crippen molar-refractivity contribution in [1.29, 1.82) is 0 Å². The molecular formula is C12H14O3. The van der Waals surface area contributed by atoms with Gasteiger partial charge in [-0.25, -0.2) is 4.79 Å². The molecule has 0 N–H and O–H groups in total. The molecule has 0 saturated heterocycles. The van der Waals surface area contributed by atoms with E-state index in [2.05, 4.69) is 6.58 Å². The summed E-state index contributed by atoms with van der Waals surface area (Å²) < 4.78 is 10.3. The van der Waals surface area contributed by atoms with Gasteiger partial charge in [0, 0.05) is 11.6 Å². The number of carbonyl (C=O) groups excluding carboxylic acids is 1. The molecule has 15 heavy (non-hydrogen) atoms. The summed E-state index contributed by atoms with van der Waals surface area (Å²) in [6.45, 7) is 7.59. The summed E-state index contributed by atoms with van der Waals surface area (Å²) in [7, 11) is 0. The molecule has 0 atom stereocenters. The Kier molecular flexibility index (Phi) is 3.92. The Morgan fingerprint density at radius 3 is 2.67 bits per heavy atom. The SMILES string of the molecule is C=C(C)C(=O)Oc1cccc(OCC)c1. The van der Waals surface area contributed by atoms with Crippen molar-refractivity contribution in [2.24, 2.45) is 0 Å². The zero-order chi connectivity index (χ0) is 11.3. The van der Waals surface area contributed by atoms with Gasteiger partial charge in [0.05, 0.1) is 6.61 Å². The number of esters is 1. The van der Waals surface area contributed by atoms with Crippen LogP contribution in [0.5, 0.6) is 11.5 Å². The zero-order valence-corrected chi connectivity index (χ0v) is 8.95. The van der Waals surface area contributed by atoms with Crippen LogP contribution in [-0.4, -0.2) is 12.6 Å². The monoisotopic (exact) mass is 206 g/mol. The van der Waals surface area contributed by atoms with Gasteiger partial charge in [0.2, 0.25) is 0 Å². The minimum absolute atomic E-state index is 0.372. The lowest BCUT2D eigenvalue weighted by Crippen LogP contribution is -2.08. The van der Waals surface area contributed by atoms with Gasteiger partial charge in [-0.3, -0.25) is 0 Å². The Balaban J connectivity index is 2.73. The number of hydrogen-bond acceptors (Lipinski definition) is 3. The first-order chi connectivity index (χ1) is 7.13. The maximum absolute atomic E-state index is 11.2. The van der Waals surface area contributed by atoms with Gasteiger partial charge in [-0.15, -0.1) is 0 Å². The Morgan fingerprint density at radius 1 is 1.40 bits per heavy atom. The maximum atomic E-state index is 11.2. The van der Waals surface area contributed by atoms with E-state index < -0.39 is 5.97 Å². The number of hydrogen-bond donors (Lipinski definition) is 0. The van der Waals surface area contributed by atoms with E-state index in [1.54, 1.807) is 25.1 Å². The number of rotatable bonds is 4. The molecule has 0 fully saturated rings. The molecule has 80 valence electrons. The first-order valence-electron chi connectivity index (χ1n) is 4.74. The first kappa shape index (κ1) is 11.3. The van der Waals surface area contributed by atoms with Gasteiger partial charge in [-0.05, 0) is 26.0 Å². The summed E-state index contributed by atoms with van der Waals surface area (Å²) in [5.74, 6) is 0.724. The molecule has 0 heterocycles. The van der Waals surface area contributed by atoms with Crippen LogP contribution in [0.3, 0.4) is 0 Å².